The summed E-state index contributed by atoms with van der Waals surface area (Å²) in [7, 11) is 1.56. The Morgan fingerprint density at radius 3 is 2.56 bits per heavy atom. The molecule has 0 aliphatic carbocycles. The molecular weight excluding hydrogens is 212 g/mol. The third kappa shape index (κ3) is 2.16. The van der Waals surface area contributed by atoms with Gasteiger partial charge >= 0.3 is 0 Å². The zero-order valence-corrected chi connectivity index (χ0v) is 9.17. The smallest absolute Gasteiger partial charge is 0.257 e. The van der Waals surface area contributed by atoms with Crippen molar-refractivity contribution in [1.82, 2.24) is 5.32 Å². The molecule has 88 valence electrons. The van der Waals surface area contributed by atoms with E-state index in [4.69, 9.17) is 4.74 Å². The zero-order chi connectivity index (χ0) is 11.6. The van der Waals surface area contributed by atoms with Crippen LogP contribution in [-0.2, 0) is 0 Å². The number of methoxy groups -OCH3 is 1. The Morgan fingerprint density at radius 2 is 2.00 bits per heavy atom. The van der Waals surface area contributed by atoms with Gasteiger partial charge in [0.15, 0.2) is 0 Å². The molecule has 1 N–H and O–H groups in total. The van der Waals surface area contributed by atoms with Crippen molar-refractivity contribution in [1.29, 1.82) is 0 Å². The van der Waals surface area contributed by atoms with Crippen molar-refractivity contribution in [2.24, 2.45) is 0 Å². The van der Waals surface area contributed by atoms with E-state index in [1.54, 1.807) is 31.4 Å². The molecule has 0 bridgehead atoms. The molecule has 1 atom stereocenters. The van der Waals surface area contributed by atoms with E-state index in [0.29, 0.717) is 24.4 Å². The molecule has 0 saturated carbocycles. The van der Waals surface area contributed by atoms with Gasteiger partial charge in [0.25, 0.3) is 5.92 Å². The minimum atomic E-state index is -2.61. The minimum Gasteiger partial charge on any atom is -0.497 e. The first-order valence-electron chi connectivity index (χ1n) is 5.36. The number of piperidine rings is 1. The summed E-state index contributed by atoms with van der Waals surface area (Å²) in [5.74, 6) is -2.65. The van der Waals surface area contributed by atoms with Crippen molar-refractivity contribution in [2.45, 2.75) is 18.3 Å². The van der Waals surface area contributed by atoms with Gasteiger partial charge in [0.2, 0.25) is 0 Å². The monoisotopic (exact) mass is 227 g/mol. The molecule has 16 heavy (non-hydrogen) atoms. The molecule has 4 heteroatoms. The number of hydrogen-bond acceptors (Lipinski definition) is 2. The van der Waals surface area contributed by atoms with Gasteiger partial charge in [-0.05, 0) is 17.7 Å². The van der Waals surface area contributed by atoms with Crippen molar-refractivity contribution in [3.05, 3.63) is 29.8 Å². The van der Waals surface area contributed by atoms with E-state index in [9.17, 15) is 8.78 Å². The first-order valence-corrected chi connectivity index (χ1v) is 5.36. The lowest BCUT2D eigenvalue weighted by molar-refractivity contribution is -0.0479. The van der Waals surface area contributed by atoms with E-state index in [0.717, 1.165) is 0 Å². The average molecular weight is 227 g/mol. The van der Waals surface area contributed by atoms with Gasteiger partial charge in [-0.2, -0.15) is 0 Å². The maximum atomic E-state index is 13.7. The summed E-state index contributed by atoms with van der Waals surface area (Å²) in [6, 6.07) is 6.87. The van der Waals surface area contributed by atoms with Crippen molar-refractivity contribution in [3.8, 4) is 5.75 Å². The SMILES string of the molecule is COc1ccc(C2CNCCC2(F)F)cc1. The Balaban J connectivity index is 2.21. The molecule has 2 nitrogen and oxygen atoms in total. The van der Waals surface area contributed by atoms with Gasteiger partial charge < -0.3 is 10.1 Å². The molecule has 1 heterocycles. The zero-order valence-electron chi connectivity index (χ0n) is 9.17. The standard InChI is InChI=1S/C12H15F2NO/c1-16-10-4-2-9(3-5-10)11-8-15-7-6-12(11,13)14/h2-5,11,15H,6-8H2,1H3. The fourth-order valence-electron chi connectivity index (χ4n) is 2.02. The molecule has 0 radical (unpaired) electrons. The van der Waals surface area contributed by atoms with Gasteiger partial charge in [0.1, 0.15) is 5.75 Å². The largest absolute Gasteiger partial charge is 0.497 e. The number of nitrogens with one attached hydrogen (secondary N) is 1. The summed E-state index contributed by atoms with van der Waals surface area (Å²) in [4.78, 5) is 0. The Kier molecular flexibility index (Phi) is 3.10. The molecule has 1 aromatic rings. The molecular formula is C12H15F2NO. The summed E-state index contributed by atoms with van der Waals surface area (Å²) < 4.78 is 32.3. The van der Waals surface area contributed by atoms with E-state index in [2.05, 4.69) is 5.32 Å². The lowest BCUT2D eigenvalue weighted by Crippen LogP contribution is -2.42. The van der Waals surface area contributed by atoms with Gasteiger partial charge in [-0.1, -0.05) is 12.1 Å². The second-order valence-electron chi connectivity index (χ2n) is 4.04. The van der Waals surface area contributed by atoms with E-state index < -0.39 is 11.8 Å². The van der Waals surface area contributed by atoms with Crippen molar-refractivity contribution < 1.29 is 13.5 Å². The lowest BCUT2D eigenvalue weighted by Gasteiger charge is -2.32. The molecule has 2 rings (SSSR count). The second-order valence-corrected chi connectivity index (χ2v) is 4.04. The van der Waals surface area contributed by atoms with E-state index in [-0.39, 0.29) is 6.42 Å². The number of halogens is 2. The predicted octanol–water partition coefficient (Wildman–Crippen LogP) is 2.41. The molecule has 1 saturated heterocycles. The van der Waals surface area contributed by atoms with Crippen LogP contribution < -0.4 is 10.1 Å². The Bertz CT molecular complexity index is 351. The number of benzene rings is 1. The molecule has 1 aliphatic rings. The van der Waals surface area contributed by atoms with E-state index in [1.165, 1.54) is 0 Å². The first kappa shape index (κ1) is 11.3. The highest BCUT2D eigenvalue weighted by Gasteiger charge is 2.42. The fraction of sp³-hybridized carbons (Fsp3) is 0.500. The van der Waals surface area contributed by atoms with Crippen LogP contribution in [0.25, 0.3) is 0 Å². The van der Waals surface area contributed by atoms with Crippen LogP contribution in [0, 0.1) is 0 Å². The van der Waals surface area contributed by atoms with Crippen LogP contribution in [0.4, 0.5) is 8.78 Å². The van der Waals surface area contributed by atoms with Crippen LogP contribution in [-0.4, -0.2) is 26.1 Å². The number of hydrogen-bond donors (Lipinski definition) is 1. The molecule has 1 aliphatic heterocycles. The maximum absolute atomic E-state index is 13.7. The summed E-state index contributed by atoms with van der Waals surface area (Å²) >= 11 is 0. The Morgan fingerprint density at radius 1 is 1.31 bits per heavy atom. The number of rotatable bonds is 2. The molecule has 0 amide bonds. The van der Waals surface area contributed by atoms with Crippen LogP contribution in [0.5, 0.6) is 5.75 Å². The molecule has 0 spiro atoms. The molecule has 1 fully saturated rings. The Labute approximate surface area is 93.6 Å². The highest BCUT2D eigenvalue weighted by molar-refractivity contribution is 5.31. The summed E-state index contributed by atoms with van der Waals surface area (Å²) in [5.41, 5.74) is 0.665. The molecule has 1 aromatic carbocycles. The van der Waals surface area contributed by atoms with Gasteiger partial charge in [0, 0.05) is 19.5 Å². The second kappa shape index (κ2) is 4.37. The van der Waals surface area contributed by atoms with Crippen molar-refractivity contribution in [3.63, 3.8) is 0 Å². The minimum absolute atomic E-state index is 0.0936. The summed E-state index contributed by atoms with van der Waals surface area (Å²) in [6.45, 7) is 0.721. The predicted molar refractivity (Wildman–Crippen MR) is 58.2 cm³/mol. The third-order valence-electron chi connectivity index (χ3n) is 3.01. The fourth-order valence-corrected chi connectivity index (χ4v) is 2.02. The quantitative estimate of drug-likeness (QED) is 0.837. The average Bonchev–Trinajstić information content (AvgIpc) is 2.29. The lowest BCUT2D eigenvalue weighted by atomic mass is 9.88. The highest BCUT2D eigenvalue weighted by atomic mass is 19.3. The number of alkyl halides is 2. The summed E-state index contributed by atoms with van der Waals surface area (Å²) in [5, 5.41) is 3.01. The van der Waals surface area contributed by atoms with Gasteiger partial charge in [-0.25, -0.2) is 8.78 Å². The van der Waals surface area contributed by atoms with E-state index in [1.807, 2.05) is 0 Å². The van der Waals surface area contributed by atoms with Crippen LogP contribution in [0.3, 0.4) is 0 Å². The van der Waals surface area contributed by atoms with Crippen molar-refractivity contribution in [2.75, 3.05) is 20.2 Å². The molecule has 0 aromatic heterocycles. The van der Waals surface area contributed by atoms with Crippen LogP contribution >= 0.6 is 0 Å². The van der Waals surface area contributed by atoms with Gasteiger partial charge in [0.05, 0.1) is 13.0 Å². The maximum Gasteiger partial charge on any atom is 0.257 e. The van der Waals surface area contributed by atoms with E-state index >= 15 is 0 Å². The van der Waals surface area contributed by atoms with Crippen molar-refractivity contribution >= 4 is 0 Å². The normalized spacial score (nSPS) is 24.1. The Hall–Kier alpha value is -1.16. The summed E-state index contributed by atoms with van der Waals surface area (Å²) in [6.07, 6.45) is -0.0936. The van der Waals surface area contributed by atoms with Crippen LogP contribution in [0.15, 0.2) is 24.3 Å². The van der Waals surface area contributed by atoms with Gasteiger partial charge in [-0.15, -0.1) is 0 Å². The number of ether oxygens (including phenoxy) is 1. The third-order valence-corrected chi connectivity index (χ3v) is 3.01. The topological polar surface area (TPSA) is 21.3 Å². The highest BCUT2D eigenvalue weighted by Crippen LogP contribution is 2.38. The van der Waals surface area contributed by atoms with Crippen LogP contribution in [0.2, 0.25) is 0 Å². The van der Waals surface area contributed by atoms with Gasteiger partial charge in [-0.3, -0.25) is 0 Å². The van der Waals surface area contributed by atoms with Crippen LogP contribution in [0.1, 0.15) is 17.9 Å². The molecule has 1 unspecified atom stereocenters. The first-order chi connectivity index (χ1) is 7.63.